The lowest BCUT2D eigenvalue weighted by Gasteiger charge is -2.12. The first kappa shape index (κ1) is 14.4. The molecule has 0 aromatic heterocycles. The molecule has 1 aromatic rings. The summed E-state index contributed by atoms with van der Waals surface area (Å²) in [7, 11) is 0. The average Bonchev–Trinajstić information content (AvgIpc) is 2.18. The smallest absolute Gasteiger partial charge is 0.123 e. The standard InChI is InChI=1S/C11H13ClFN.ClH/c1-2-3-4-11(14)9-7-8(13)5-6-10(9)12;/h2,5-7,11H,1,3-4,14H2;1H/t11-;/m0./s1. The van der Waals surface area contributed by atoms with Crippen LogP contribution >= 0.6 is 24.0 Å². The van der Waals surface area contributed by atoms with E-state index in [-0.39, 0.29) is 24.3 Å². The van der Waals surface area contributed by atoms with Crippen molar-refractivity contribution >= 4 is 24.0 Å². The third kappa shape index (κ3) is 4.20. The Bertz CT molecular complexity index is 328. The maximum Gasteiger partial charge on any atom is 0.123 e. The van der Waals surface area contributed by atoms with Crippen LogP contribution in [0.4, 0.5) is 4.39 Å². The van der Waals surface area contributed by atoms with E-state index >= 15 is 0 Å². The number of nitrogens with two attached hydrogens (primary N) is 1. The Kier molecular flexibility index (Phi) is 6.57. The minimum atomic E-state index is -0.307. The molecule has 0 unspecified atom stereocenters. The Morgan fingerprint density at radius 2 is 2.20 bits per heavy atom. The molecule has 1 aromatic carbocycles. The fourth-order valence-corrected chi connectivity index (χ4v) is 1.51. The molecule has 15 heavy (non-hydrogen) atoms. The molecular formula is C11H14Cl2FN. The van der Waals surface area contributed by atoms with Crippen molar-refractivity contribution in [2.45, 2.75) is 18.9 Å². The summed E-state index contributed by atoms with van der Waals surface area (Å²) in [6, 6.07) is 4.01. The van der Waals surface area contributed by atoms with Crippen LogP contribution < -0.4 is 5.73 Å². The summed E-state index contributed by atoms with van der Waals surface area (Å²) in [5.41, 5.74) is 6.51. The second-order valence-electron chi connectivity index (χ2n) is 3.14. The van der Waals surface area contributed by atoms with Crippen LogP contribution in [0, 0.1) is 5.82 Å². The van der Waals surface area contributed by atoms with Crippen LogP contribution in [0.2, 0.25) is 5.02 Å². The molecule has 0 bridgehead atoms. The average molecular weight is 250 g/mol. The van der Waals surface area contributed by atoms with Crippen molar-refractivity contribution in [3.63, 3.8) is 0 Å². The van der Waals surface area contributed by atoms with E-state index in [1.165, 1.54) is 18.2 Å². The molecule has 1 atom stereocenters. The van der Waals surface area contributed by atoms with Gasteiger partial charge in [-0.1, -0.05) is 17.7 Å². The second-order valence-corrected chi connectivity index (χ2v) is 3.55. The summed E-state index contributed by atoms with van der Waals surface area (Å²) in [5.74, 6) is -0.307. The molecule has 1 rings (SSSR count). The molecule has 0 fully saturated rings. The molecule has 84 valence electrons. The van der Waals surface area contributed by atoms with E-state index in [9.17, 15) is 4.39 Å². The van der Waals surface area contributed by atoms with Gasteiger partial charge in [0.1, 0.15) is 5.82 Å². The highest BCUT2D eigenvalue weighted by Gasteiger charge is 2.10. The monoisotopic (exact) mass is 249 g/mol. The van der Waals surface area contributed by atoms with Gasteiger partial charge in [-0.15, -0.1) is 19.0 Å². The lowest BCUT2D eigenvalue weighted by Crippen LogP contribution is -2.10. The van der Waals surface area contributed by atoms with Crippen LogP contribution in [-0.2, 0) is 0 Å². The number of halogens is 3. The van der Waals surface area contributed by atoms with Gasteiger partial charge < -0.3 is 5.73 Å². The fraction of sp³-hybridized carbons (Fsp3) is 0.273. The summed E-state index contributed by atoms with van der Waals surface area (Å²) in [6.45, 7) is 3.60. The lowest BCUT2D eigenvalue weighted by atomic mass is 10.0. The van der Waals surface area contributed by atoms with Crippen LogP contribution in [-0.4, -0.2) is 0 Å². The number of hydrogen-bond donors (Lipinski definition) is 1. The maximum atomic E-state index is 12.9. The molecule has 0 aliphatic heterocycles. The van der Waals surface area contributed by atoms with Crippen molar-refractivity contribution in [2.24, 2.45) is 5.73 Å². The zero-order valence-corrected chi connectivity index (χ0v) is 9.82. The van der Waals surface area contributed by atoms with Crippen molar-refractivity contribution in [1.82, 2.24) is 0 Å². The first-order chi connectivity index (χ1) is 6.65. The topological polar surface area (TPSA) is 26.0 Å². The van der Waals surface area contributed by atoms with Gasteiger partial charge in [0.05, 0.1) is 0 Å². The van der Waals surface area contributed by atoms with E-state index < -0.39 is 0 Å². The van der Waals surface area contributed by atoms with Crippen LogP contribution in [0.15, 0.2) is 30.9 Å². The van der Waals surface area contributed by atoms with E-state index in [0.29, 0.717) is 10.6 Å². The van der Waals surface area contributed by atoms with Crippen molar-refractivity contribution in [2.75, 3.05) is 0 Å². The van der Waals surface area contributed by atoms with Gasteiger partial charge in [-0.3, -0.25) is 0 Å². The van der Waals surface area contributed by atoms with Crippen molar-refractivity contribution in [1.29, 1.82) is 0 Å². The molecule has 0 radical (unpaired) electrons. The van der Waals surface area contributed by atoms with E-state index in [0.717, 1.165) is 12.8 Å². The summed E-state index contributed by atoms with van der Waals surface area (Å²) in [6.07, 6.45) is 3.31. The van der Waals surface area contributed by atoms with Crippen molar-refractivity contribution in [3.8, 4) is 0 Å². The van der Waals surface area contributed by atoms with Gasteiger partial charge in [0.25, 0.3) is 0 Å². The summed E-state index contributed by atoms with van der Waals surface area (Å²) in [4.78, 5) is 0. The molecule has 0 aliphatic rings. The van der Waals surface area contributed by atoms with Gasteiger partial charge in [-0.05, 0) is 36.6 Å². The molecular weight excluding hydrogens is 236 g/mol. The number of allylic oxidation sites excluding steroid dienone is 1. The van der Waals surface area contributed by atoms with Gasteiger partial charge in [0, 0.05) is 11.1 Å². The number of hydrogen-bond acceptors (Lipinski definition) is 1. The fourth-order valence-electron chi connectivity index (χ4n) is 1.25. The van der Waals surface area contributed by atoms with Crippen LogP contribution in [0.5, 0.6) is 0 Å². The Labute approximate surface area is 101 Å². The van der Waals surface area contributed by atoms with Crippen LogP contribution in [0.3, 0.4) is 0 Å². The maximum absolute atomic E-state index is 12.9. The molecule has 0 heterocycles. The predicted molar refractivity (Wildman–Crippen MR) is 65.0 cm³/mol. The Morgan fingerprint density at radius 1 is 1.53 bits per heavy atom. The number of benzene rings is 1. The van der Waals surface area contributed by atoms with E-state index in [1.54, 1.807) is 6.08 Å². The molecule has 1 nitrogen and oxygen atoms in total. The van der Waals surface area contributed by atoms with Gasteiger partial charge >= 0.3 is 0 Å². The first-order valence-electron chi connectivity index (χ1n) is 4.46. The molecule has 2 N–H and O–H groups in total. The summed E-state index contributed by atoms with van der Waals surface area (Å²) >= 11 is 5.90. The Balaban J connectivity index is 0.00000196. The first-order valence-corrected chi connectivity index (χ1v) is 4.84. The lowest BCUT2D eigenvalue weighted by molar-refractivity contribution is 0.611. The van der Waals surface area contributed by atoms with E-state index in [4.69, 9.17) is 17.3 Å². The zero-order chi connectivity index (χ0) is 10.6. The summed E-state index contributed by atoms with van der Waals surface area (Å²) < 4.78 is 12.9. The third-order valence-corrected chi connectivity index (χ3v) is 2.38. The highest BCUT2D eigenvalue weighted by molar-refractivity contribution is 6.31. The molecule has 4 heteroatoms. The Hall–Kier alpha value is -0.570. The van der Waals surface area contributed by atoms with Gasteiger partial charge in [0.2, 0.25) is 0 Å². The largest absolute Gasteiger partial charge is 0.324 e. The molecule has 0 amide bonds. The predicted octanol–water partition coefficient (Wildman–Crippen LogP) is 3.87. The van der Waals surface area contributed by atoms with Crippen molar-refractivity contribution in [3.05, 3.63) is 47.3 Å². The third-order valence-electron chi connectivity index (χ3n) is 2.04. The molecule has 0 aliphatic carbocycles. The normalized spacial score (nSPS) is 11.7. The quantitative estimate of drug-likeness (QED) is 0.806. The molecule has 0 saturated heterocycles. The van der Waals surface area contributed by atoms with Crippen LogP contribution in [0.1, 0.15) is 24.4 Å². The summed E-state index contributed by atoms with van der Waals surface area (Å²) in [5, 5.41) is 0.517. The van der Waals surface area contributed by atoms with Crippen molar-refractivity contribution < 1.29 is 4.39 Å². The zero-order valence-electron chi connectivity index (χ0n) is 8.25. The van der Waals surface area contributed by atoms with E-state index in [1.807, 2.05) is 0 Å². The highest BCUT2D eigenvalue weighted by atomic mass is 35.5. The Morgan fingerprint density at radius 3 is 2.80 bits per heavy atom. The molecule has 0 spiro atoms. The number of rotatable bonds is 4. The van der Waals surface area contributed by atoms with Gasteiger partial charge in [-0.25, -0.2) is 4.39 Å². The second kappa shape index (κ2) is 6.83. The minimum Gasteiger partial charge on any atom is -0.324 e. The van der Waals surface area contributed by atoms with E-state index in [2.05, 4.69) is 6.58 Å². The SMILES string of the molecule is C=CCC[C@H](N)c1cc(F)ccc1Cl.Cl. The minimum absolute atomic E-state index is 0. The van der Waals surface area contributed by atoms with Gasteiger partial charge in [-0.2, -0.15) is 0 Å². The van der Waals surface area contributed by atoms with Crippen LogP contribution in [0.25, 0.3) is 0 Å². The van der Waals surface area contributed by atoms with Gasteiger partial charge in [0.15, 0.2) is 0 Å². The highest BCUT2D eigenvalue weighted by Crippen LogP contribution is 2.25. The molecule has 0 saturated carbocycles.